The van der Waals surface area contributed by atoms with Crippen LogP contribution in [-0.4, -0.2) is 70.2 Å². The van der Waals surface area contributed by atoms with Crippen molar-refractivity contribution in [3.63, 3.8) is 0 Å². The molecule has 0 saturated carbocycles. The number of unbranched alkanes of at least 4 members (excludes halogenated alkanes) is 5. The van der Waals surface area contributed by atoms with Crippen LogP contribution in [0.25, 0.3) is 11.2 Å². The van der Waals surface area contributed by atoms with Gasteiger partial charge in [-0.25, -0.2) is 19.5 Å². The molecule has 0 amide bonds. The molecule has 1 aliphatic heterocycles. The number of aromatic nitrogens is 4. The van der Waals surface area contributed by atoms with E-state index in [1.807, 2.05) is 0 Å². The predicted octanol–water partition coefficient (Wildman–Crippen LogP) is 1.59. The van der Waals surface area contributed by atoms with Gasteiger partial charge in [0, 0.05) is 5.75 Å². The number of anilines is 1. The van der Waals surface area contributed by atoms with Crippen LogP contribution in [0.3, 0.4) is 0 Å². The van der Waals surface area contributed by atoms with E-state index in [2.05, 4.69) is 26.4 Å². The Kier molecular flexibility index (Phi) is 8.87. The van der Waals surface area contributed by atoms with Gasteiger partial charge < -0.3 is 30.5 Å². The number of phosphoric ester groups is 1. The molecular formula is C18H30N5O7PS. The lowest BCUT2D eigenvalue weighted by molar-refractivity contribution is -0.0504. The zero-order valence-electron chi connectivity index (χ0n) is 17.8. The summed E-state index contributed by atoms with van der Waals surface area (Å²) in [6.45, 7) is 1.59. The molecule has 3 heterocycles. The van der Waals surface area contributed by atoms with Gasteiger partial charge in [0.1, 0.15) is 23.8 Å². The molecule has 1 fully saturated rings. The van der Waals surface area contributed by atoms with Gasteiger partial charge in [-0.1, -0.05) is 50.8 Å². The van der Waals surface area contributed by atoms with Crippen LogP contribution in [-0.2, 0) is 13.8 Å². The van der Waals surface area contributed by atoms with Crippen molar-refractivity contribution < 1.29 is 33.8 Å². The summed E-state index contributed by atoms with van der Waals surface area (Å²) in [6.07, 6.45) is 3.39. The topological polar surface area (TPSA) is 186 Å². The van der Waals surface area contributed by atoms with Crippen LogP contribution in [0.1, 0.15) is 51.7 Å². The van der Waals surface area contributed by atoms with E-state index in [0.29, 0.717) is 16.3 Å². The first kappa shape index (κ1) is 25.3. The zero-order valence-corrected chi connectivity index (χ0v) is 19.5. The van der Waals surface area contributed by atoms with Crippen LogP contribution in [0.5, 0.6) is 0 Å². The Morgan fingerprint density at radius 3 is 2.62 bits per heavy atom. The summed E-state index contributed by atoms with van der Waals surface area (Å²) in [5, 5.41) is 21.1. The molecule has 4 atom stereocenters. The molecular weight excluding hydrogens is 461 g/mol. The van der Waals surface area contributed by atoms with Gasteiger partial charge in [0.15, 0.2) is 22.8 Å². The maximum Gasteiger partial charge on any atom is 0.469 e. The summed E-state index contributed by atoms with van der Waals surface area (Å²) in [6, 6.07) is 0. The summed E-state index contributed by atoms with van der Waals surface area (Å²) in [4.78, 5) is 30.7. The third-order valence-corrected chi connectivity index (χ3v) is 6.59. The van der Waals surface area contributed by atoms with Gasteiger partial charge in [-0.2, -0.15) is 0 Å². The van der Waals surface area contributed by atoms with Gasteiger partial charge in [-0.3, -0.25) is 9.09 Å². The smallest absolute Gasteiger partial charge is 0.387 e. The van der Waals surface area contributed by atoms with Gasteiger partial charge in [0.2, 0.25) is 0 Å². The number of imidazole rings is 1. The summed E-state index contributed by atoms with van der Waals surface area (Å²) >= 11 is 1.48. The lowest BCUT2D eigenvalue weighted by Crippen LogP contribution is -2.33. The second-order valence-electron chi connectivity index (χ2n) is 7.66. The second-order valence-corrected chi connectivity index (χ2v) is 9.97. The van der Waals surface area contributed by atoms with E-state index in [4.69, 9.17) is 20.3 Å². The summed E-state index contributed by atoms with van der Waals surface area (Å²) in [7, 11) is -4.75. The molecule has 32 heavy (non-hydrogen) atoms. The number of hydrogen-bond donors (Lipinski definition) is 5. The number of nitrogen functional groups attached to an aromatic ring is 1. The number of fused-ring (bicyclic) bond motifs is 1. The molecule has 1 aliphatic rings. The Hall–Kier alpha value is -1.31. The molecule has 180 valence electrons. The number of thioether (sulfide) groups is 1. The molecule has 12 nitrogen and oxygen atoms in total. The fourth-order valence-electron chi connectivity index (χ4n) is 3.48. The molecule has 0 bridgehead atoms. The average Bonchev–Trinajstić information content (AvgIpc) is 3.27. The minimum Gasteiger partial charge on any atom is -0.387 e. The quantitative estimate of drug-likeness (QED) is 0.125. The first-order valence-electron chi connectivity index (χ1n) is 10.6. The van der Waals surface area contributed by atoms with E-state index in [1.54, 1.807) is 0 Å². The van der Waals surface area contributed by atoms with E-state index >= 15 is 0 Å². The predicted molar refractivity (Wildman–Crippen MR) is 118 cm³/mol. The van der Waals surface area contributed by atoms with Crippen LogP contribution in [0.15, 0.2) is 11.5 Å². The normalized spacial score (nSPS) is 23.9. The van der Waals surface area contributed by atoms with E-state index in [-0.39, 0.29) is 5.82 Å². The third kappa shape index (κ3) is 6.39. The molecule has 1 saturated heterocycles. The molecule has 0 unspecified atom stereocenters. The number of phosphoric acid groups is 1. The van der Waals surface area contributed by atoms with Crippen LogP contribution in [0, 0.1) is 0 Å². The van der Waals surface area contributed by atoms with Gasteiger partial charge >= 0.3 is 7.82 Å². The molecule has 0 spiro atoms. The Morgan fingerprint density at radius 2 is 1.91 bits per heavy atom. The number of aliphatic hydroxyl groups is 2. The maximum absolute atomic E-state index is 10.9. The Bertz CT molecular complexity index is 942. The number of nitrogens with zero attached hydrogens (tertiary/aromatic N) is 4. The van der Waals surface area contributed by atoms with E-state index in [9.17, 15) is 14.8 Å². The van der Waals surface area contributed by atoms with Crippen molar-refractivity contribution in [1.29, 1.82) is 0 Å². The third-order valence-electron chi connectivity index (χ3n) is 5.18. The second kappa shape index (κ2) is 11.2. The lowest BCUT2D eigenvalue weighted by Gasteiger charge is -2.17. The minimum atomic E-state index is -4.75. The molecule has 14 heteroatoms. The van der Waals surface area contributed by atoms with Crippen LogP contribution < -0.4 is 5.73 Å². The summed E-state index contributed by atoms with van der Waals surface area (Å²) < 4.78 is 22.4. The van der Waals surface area contributed by atoms with Gasteiger partial charge in [0.25, 0.3) is 0 Å². The fraction of sp³-hybridized carbons (Fsp3) is 0.722. The van der Waals surface area contributed by atoms with Crippen molar-refractivity contribution in [3.8, 4) is 0 Å². The fourth-order valence-corrected chi connectivity index (χ4v) is 4.67. The highest BCUT2D eigenvalue weighted by atomic mass is 32.2. The van der Waals surface area contributed by atoms with Crippen LogP contribution >= 0.6 is 19.6 Å². The van der Waals surface area contributed by atoms with Gasteiger partial charge in [-0.05, 0) is 6.42 Å². The SMILES string of the molecule is CCCCCCCCSc1nc(N)c2ncn([C@@H]3O[C@H](COP(=O)(O)O)[C@@H](O)[C@H]3O)c2n1. The largest absolute Gasteiger partial charge is 0.469 e. The maximum atomic E-state index is 10.9. The highest BCUT2D eigenvalue weighted by Crippen LogP contribution is 2.39. The highest BCUT2D eigenvalue weighted by molar-refractivity contribution is 7.99. The number of rotatable bonds is 12. The van der Waals surface area contributed by atoms with Crippen LogP contribution in [0.2, 0.25) is 0 Å². The summed E-state index contributed by atoms with van der Waals surface area (Å²) in [5.74, 6) is 1.03. The number of hydrogen-bond acceptors (Lipinski definition) is 10. The van der Waals surface area contributed by atoms with Crippen molar-refractivity contribution >= 4 is 36.6 Å². The highest BCUT2D eigenvalue weighted by Gasteiger charge is 2.45. The van der Waals surface area contributed by atoms with Crippen molar-refractivity contribution in [2.24, 2.45) is 0 Å². The van der Waals surface area contributed by atoms with Crippen molar-refractivity contribution in [1.82, 2.24) is 19.5 Å². The Labute approximate surface area is 189 Å². The van der Waals surface area contributed by atoms with Crippen molar-refractivity contribution in [3.05, 3.63) is 6.33 Å². The number of ether oxygens (including phenoxy) is 1. The number of aliphatic hydroxyl groups excluding tert-OH is 2. The first-order valence-corrected chi connectivity index (χ1v) is 13.1. The Balaban J connectivity index is 1.69. The molecule has 2 aromatic rings. The molecule has 0 aliphatic carbocycles. The van der Waals surface area contributed by atoms with E-state index in [1.165, 1.54) is 48.3 Å². The van der Waals surface area contributed by atoms with Crippen molar-refractivity contribution in [2.45, 2.75) is 75.1 Å². The van der Waals surface area contributed by atoms with Crippen LogP contribution in [0.4, 0.5) is 5.82 Å². The molecule has 6 N–H and O–H groups in total. The van der Waals surface area contributed by atoms with Gasteiger partial charge in [0.05, 0.1) is 12.9 Å². The number of nitrogens with two attached hydrogens (primary N) is 1. The molecule has 0 radical (unpaired) electrons. The average molecular weight is 492 g/mol. The molecule has 0 aromatic carbocycles. The standard InChI is InChI=1S/C18H30N5O7PS/c1-2-3-4-5-6-7-8-32-18-21-15(19)12-16(22-18)23(10-20-12)17-14(25)13(24)11(30-17)9-29-31(26,27)28/h10-11,13-14,17,24-25H,2-9H2,1H3,(H2,19,21,22)(H2,26,27,28)/t11-,13-,14-,17-/m1/s1. The first-order chi connectivity index (χ1) is 15.2. The Morgan fingerprint density at radius 1 is 1.19 bits per heavy atom. The van der Waals surface area contributed by atoms with E-state index < -0.39 is 39.0 Å². The zero-order chi connectivity index (χ0) is 23.3. The monoisotopic (exact) mass is 491 g/mol. The lowest BCUT2D eigenvalue weighted by atomic mass is 10.1. The molecule has 2 aromatic heterocycles. The van der Waals surface area contributed by atoms with Crippen molar-refractivity contribution in [2.75, 3.05) is 18.1 Å². The summed E-state index contributed by atoms with van der Waals surface area (Å²) in [5.41, 5.74) is 6.70. The minimum absolute atomic E-state index is 0.189. The molecule has 3 rings (SSSR count). The van der Waals surface area contributed by atoms with E-state index in [0.717, 1.165) is 18.6 Å². The van der Waals surface area contributed by atoms with Gasteiger partial charge in [-0.15, -0.1) is 0 Å².